The summed E-state index contributed by atoms with van der Waals surface area (Å²) in [5.74, 6) is -1.11. The Kier molecular flexibility index (Phi) is 7.50. The van der Waals surface area contributed by atoms with Crippen LogP contribution in [0.1, 0.15) is 37.7 Å². The smallest absolute Gasteiger partial charge is 0.319 e. The van der Waals surface area contributed by atoms with Gasteiger partial charge in [-0.1, -0.05) is 17.7 Å². The predicted octanol–water partition coefficient (Wildman–Crippen LogP) is 5.67. The standard InChI is InChI=1S/C33H31ClF3N7O3S/c1-42-7-3-9-44-17(10-21(42)45)14-46-28-24-27(40-32(41-31(24)44)47-15-33-6-2-8-43(33)13-16(35)11-33)26(37)23(25(28)34)18-4-5-20(36)29-22(18)19(12-38)30(39)48-29/h4-5,16-17H,2-3,6-11,13-15,39H2,1H3/t16-,17?,33+/m1/s1. The number of benzene rings is 2. The van der Waals surface area contributed by atoms with Crippen LogP contribution >= 0.6 is 22.9 Å². The minimum absolute atomic E-state index is 0.00890. The van der Waals surface area contributed by atoms with E-state index in [4.69, 9.17) is 31.8 Å². The van der Waals surface area contributed by atoms with Gasteiger partial charge < -0.3 is 25.0 Å². The van der Waals surface area contributed by atoms with Crippen LogP contribution in [-0.2, 0) is 4.79 Å². The number of aromatic nitrogens is 2. The number of fused-ring (bicyclic) bond motifs is 4. The van der Waals surface area contributed by atoms with Gasteiger partial charge in [-0.15, -0.1) is 11.3 Å². The first-order chi connectivity index (χ1) is 23.1. The molecule has 250 valence electrons. The van der Waals surface area contributed by atoms with Crippen LogP contribution in [0.25, 0.3) is 32.1 Å². The molecule has 2 aromatic heterocycles. The second-order valence-corrected chi connectivity index (χ2v) is 14.5. The summed E-state index contributed by atoms with van der Waals surface area (Å²) in [5.41, 5.74) is 5.46. The molecular weight excluding hydrogens is 667 g/mol. The lowest BCUT2D eigenvalue weighted by atomic mass is 9.95. The second-order valence-electron chi connectivity index (χ2n) is 13.0. The first kappa shape index (κ1) is 31.2. The number of nitrogens with zero attached hydrogens (tertiary/aromatic N) is 6. The van der Waals surface area contributed by atoms with Crippen molar-refractivity contribution in [2.24, 2.45) is 0 Å². The summed E-state index contributed by atoms with van der Waals surface area (Å²) < 4.78 is 59.4. The topological polar surface area (TPSA) is 121 Å². The molecule has 3 fully saturated rings. The third-order valence-corrected chi connectivity index (χ3v) is 11.6. The van der Waals surface area contributed by atoms with Crippen molar-refractivity contribution in [2.45, 2.75) is 49.9 Å². The first-order valence-corrected chi connectivity index (χ1v) is 17.1. The molecule has 15 heteroatoms. The highest BCUT2D eigenvalue weighted by Gasteiger charge is 2.49. The molecule has 1 amide bonds. The lowest BCUT2D eigenvalue weighted by molar-refractivity contribution is -0.130. The number of carbonyl (C=O) groups is 1. The Morgan fingerprint density at radius 2 is 2.06 bits per heavy atom. The summed E-state index contributed by atoms with van der Waals surface area (Å²) in [6.07, 6.45) is 1.77. The van der Waals surface area contributed by atoms with E-state index < -0.39 is 29.4 Å². The van der Waals surface area contributed by atoms with Gasteiger partial charge >= 0.3 is 6.01 Å². The quantitative estimate of drug-likeness (QED) is 0.288. The molecule has 0 spiro atoms. The third kappa shape index (κ3) is 4.73. The fraction of sp³-hybridized carbons (Fsp3) is 0.455. The largest absolute Gasteiger partial charge is 0.489 e. The SMILES string of the molecule is CN1CCCN2c3nc(OC[C@@]45CCCN4C[C@H](F)C5)nc4c(F)c(-c5ccc(F)c6sc(N)c(C#N)c56)c(Cl)c(c34)OCC2CC1=O. The number of rotatable bonds is 4. The summed E-state index contributed by atoms with van der Waals surface area (Å²) >= 11 is 7.92. The molecule has 6 heterocycles. The molecule has 1 unspecified atom stereocenters. The van der Waals surface area contributed by atoms with Crippen molar-refractivity contribution in [1.82, 2.24) is 19.8 Å². The van der Waals surface area contributed by atoms with Crippen molar-refractivity contribution >= 4 is 60.7 Å². The average molecular weight is 698 g/mol. The molecule has 0 saturated carbocycles. The molecule has 4 aromatic rings. The molecule has 4 aliphatic rings. The Labute approximate surface area is 282 Å². The number of nitrogens with two attached hydrogens (primary N) is 1. The zero-order valence-electron chi connectivity index (χ0n) is 26.0. The van der Waals surface area contributed by atoms with E-state index in [1.165, 1.54) is 12.1 Å². The first-order valence-electron chi connectivity index (χ1n) is 15.9. The fourth-order valence-electron chi connectivity index (χ4n) is 7.90. The number of hydrogen-bond acceptors (Lipinski definition) is 10. The number of alkyl halides is 1. The zero-order valence-corrected chi connectivity index (χ0v) is 27.6. The number of halogens is 4. The van der Waals surface area contributed by atoms with Crippen LogP contribution in [0.5, 0.6) is 11.8 Å². The minimum atomic E-state index is -0.965. The van der Waals surface area contributed by atoms with Gasteiger partial charge in [-0.3, -0.25) is 9.69 Å². The van der Waals surface area contributed by atoms with Crippen LogP contribution in [0.2, 0.25) is 5.02 Å². The summed E-state index contributed by atoms with van der Waals surface area (Å²) in [6, 6.07) is 3.98. The van der Waals surface area contributed by atoms with Gasteiger partial charge in [0.05, 0.1) is 38.7 Å². The number of carbonyl (C=O) groups excluding carboxylic acids is 1. The highest BCUT2D eigenvalue weighted by atomic mass is 35.5. The Hall–Kier alpha value is -4.06. The van der Waals surface area contributed by atoms with Gasteiger partial charge in [0.2, 0.25) is 5.91 Å². The number of hydrogen-bond donors (Lipinski definition) is 1. The lowest BCUT2D eigenvalue weighted by Crippen LogP contribution is -2.47. The Balaban J connectivity index is 1.34. The molecule has 3 saturated heterocycles. The van der Waals surface area contributed by atoms with Gasteiger partial charge in [-0.25, -0.2) is 13.2 Å². The summed E-state index contributed by atoms with van der Waals surface area (Å²) in [4.78, 5) is 28.2. The highest BCUT2D eigenvalue weighted by molar-refractivity contribution is 7.23. The minimum Gasteiger partial charge on any atom is -0.489 e. The maximum Gasteiger partial charge on any atom is 0.319 e. The molecule has 0 bridgehead atoms. The molecule has 2 aromatic carbocycles. The van der Waals surface area contributed by atoms with Crippen LogP contribution in [0.15, 0.2) is 12.1 Å². The Morgan fingerprint density at radius 1 is 1.23 bits per heavy atom. The maximum atomic E-state index is 17.2. The molecule has 10 nitrogen and oxygen atoms in total. The van der Waals surface area contributed by atoms with E-state index in [0.717, 1.165) is 30.7 Å². The van der Waals surface area contributed by atoms with E-state index in [-0.39, 0.29) is 85.0 Å². The molecular formula is C33H31ClF3N7O3S. The van der Waals surface area contributed by atoms with Gasteiger partial charge in [-0.05, 0) is 37.4 Å². The fourth-order valence-corrected chi connectivity index (χ4v) is 9.18. The van der Waals surface area contributed by atoms with Crippen LogP contribution in [0.4, 0.5) is 24.0 Å². The molecule has 48 heavy (non-hydrogen) atoms. The predicted molar refractivity (Wildman–Crippen MR) is 176 cm³/mol. The summed E-state index contributed by atoms with van der Waals surface area (Å²) in [5, 5.41) is 10.3. The molecule has 4 aliphatic heterocycles. The highest BCUT2D eigenvalue weighted by Crippen LogP contribution is 2.51. The van der Waals surface area contributed by atoms with Crippen LogP contribution in [0, 0.1) is 23.0 Å². The van der Waals surface area contributed by atoms with Crippen LogP contribution < -0.4 is 20.1 Å². The van der Waals surface area contributed by atoms with E-state index in [0.29, 0.717) is 38.3 Å². The van der Waals surface area contributed by atoms with Crippen LogP contribution in [-0.4, -0.2) is 89.9 Å². The Bertz CT molecular complexity index is 2060. The van der Waals surface area contributed by atoms with Crippen molar-refractivity contribution in [2.75, 3.05) is 57.1 Å². The molecule has 0 radical (unpaired) electrons. The number of anilines is 2. The number of ether oxygens (including phenoxy) is 2. The van der Waals surface area contributed by atoms with Gasteiger partial charge in [0.25, 0.3) is 0 Å². The third-order valence-electron chi connectivity index (χ3n) is 10.2. The van der Waals surface area contributed by atoms with E-state index in [1.54, 1.807) is 11.9 Å². The number of nitriles is 1. The molecule has 2 N–H and O–H groups in total. The average Bonchev–Trinajstić information content (AvgIpc) is 3.67. The zero-order chi connectivity index (χ0) is 33.5. The molecule has 0 aliphatic carbocycles. The molecule has 3 atom stereocenters. The monoisotopic (exact) mass is 697 g/mol. The van der Waals surface area contributed by atoms with Gasteiger partial charge in [0.1, 0.15) is 47.6 Å². The van der Waals surface area contributed by atoms with Crippen molar-refractivity contribution in [3.05, 3.63) is 34.4 Å². The van der Waals surface area contributed by atoms with Gasteiger partial charge in [0.15, 0.2) is 11.6 Å². The number of amides is 1. The van der Waals surface area contributed by atoms with Crippen molar-refractivity contribution < 1.29 is 27.4 Å². The second kappa shape index (κ2) is 11.5. The van der Waals surface area contributed by atoms with Gasteiger partial charge in [-0.2, -0.15) is 15.2 Å². The normalized spacial score (nSPS) is 24.2. The van der Waals surface area contributed by atoms with E-state index in [2.05, 4.69) is 9.88 Å². The van der Waals surface area contributed by atoms with Crippen molar-refractivity contribution in [3.8, 4) is 29.0 Å². The molecule has 8 rings (SSSR count). The van der Waals surface area contributed by atoms with Gasteiger partial charge in [0, 0.05) is 44.1 Å². The van der Waals surface area contributed by atoms with Crippen molar-refractivity contribution in [1.29, 1.82) is 5.26 Å². The summed E-state index contributed by atoms with van der Waals surface area (Å²) in [6.45, 7) is 2.27. The lowest BCUT2D eigenvalue weighted by Gasteiger charge is -2.35. The summed E-state index contributed by atoms with van der Waals surface area (Å²) in [7, 11) is 1.75. The van der Waals surface area contributed by atoms with E-state index in [9.17, 15) is 18.8 Å². The van der Waals surface area contributed by atoms with E-state index in [1.807, 2.05) is 11.0 Å². The Morgan fingerprint density at radius 3 is 2.88 bits per heavy atom. The van der Waals surface area contributed by atoms with Crippen LogP contribution in [0.3, 0.4) is 0 Å². The maximum absolute atomic E-state index is 17.2. The van der Waals surface area contributed by atoms with E-state index >= 15 is 4.39 Å². The number of nitrogen functional groups attached to an aromatic ring is 1. The number of thiophene rings is 1. The van der Waals surface area contributed by atoms with Crippen molar-refractivity contribution in [3.63, 3.8) is 0 Å².